The van der Waals surface area contributed by atoms with E-state index in [2.05, 4.69) is 13.5 Å². The Hall–Kier alpha value is -0.580. The maximum atomic E-state index is 5.59. The van der Waals surface area contributed by atoms with Gasteiger partial charge in [-0.1, -0.05) is 6.58 Å². The zero-order chi connectivity index (χ0) is 12.3. The monoisotopic (exact) mass is 244 g/mol. The minimum absolute atomic E-state index is 0.379. The molecule has 0 aliphatic carbocycles. The molecular formula is C13H24O4. The summed E-state index contributed by atoms with van der Waals surface area (Å²) >= 11 is 0. The molecule has 1 rings (SSSR count). The number of rotatable bonds is 9. The number of ether oxygens (including phenoxy) is 4. The van der Waals surface area contributed by atoms with Crippen LogP contribution in [0, 0.1) is 5.92 Å². The van der Waals surface area contributed by atoms with Gasteiger partial charge in [0.25, 0.3) is 0 Å². The first-order chi connectivity index (χ1) is 8.33. The van der Waals surface area contributed by atoms with E-state index in [1.807, 2.05) is 0 Å². The summed E-state index contributed by atoms with van der Waals surface area (Å²) < 4.78 is 21.3. The molecule has 0 aromatic rings. The zero-order valence-corrected chi connectivity index (χ0v) is 10.7. The highest BCUT2D eigenvalue weighted by molar-refractivity contribution is 4.67. The predicted molar refractivity (Wildman–Crippen MR) is 65.9 cm³/mol. The van der Waals surface area contributed by atoms with Crippen LogP contribution in [0.1, 0.15) is 19.8 Å². The fourth-order valence-corrected chi connectivity index (χ4v) is 1.90. The Morgan fingerprint density at radius 3 is 2.76 bits per heavy atom. The van der Waals surface area contributed by atoms with Crippen LogP contribution in [0.25, 0.3) is 0 Å². The van der Waals surface area contributed by atoms with Crippen molar-refractivity contribution >= 4 is 0 Å². The highest BCUT2D eigenvalue weighted by Crippen LogP contribution is 2.19. The van der Waals surface area contributed by atoms with Crippen molar-refractivity contribution in [1.82, 2.24) is 0 Å². The van der Waals surface area contributed by atoms with E-state index in [-0.39, 0.29) is 0 Å². The van der Waals surface area contributed by atoms with Gasteiger partial charge in [-0.3, -0.25) is 0 Å². The van der Waals surface area contributed by atoms with Crippen molar-refractivity contribution < 1.29 is 18.9 Å². The number of hydrogen-bond donors (Lipinski definition) is 0. The maximum absolute atomic E-state index is 5.59. The van der Waals surface area contributed by atoms with E-state index in [0.29, 0.717) is 38.4 Å². The molecule has 0 amide bonds. The molecule has 0 N–H and O–H groups in total. The Morgan fingerprint density at radius 2 is 2.00 bits per heavy atom. The van der Waals surface area contributed by atoms with E-state index in [1.54, 1.807) is 0 Å². The second kappa shape index (κ2) is 9.45. The van der Waals surface area contributed by atoms with Crippen LogP contribution in [0.15, 0.2) is 12.8 Å². The lowest BCUT2D eigenvalue weighted by molar-refractivity contribution is -0.0331. The SMILES string of the molecule is C=COCCOCCOCC1CCOC(C)C1. The minimum atomic E-state index is 0.379. The van der Waals surface area contributed by atoms with Gasteiger partial charge in [0.1, 0.15) is 6.61 Å². The quantitative estimate of drug-likeness (QED) is 0.459. The van der Waals surface area contributed by atoms with Gasteiger partial charge in [-0.15, -0.1) is 0 Å². The van der Waals surface area contributed by atoms with E-state index in [0.717, 1.165) is 26.1 Å². The van der Waals surface area contributed by atoms with Gasteiger partial charge >= 0.3 is 0 Å². The molecule has 1 fully saturated rings. The van der Waals surface area contributed by atoms with E-state index in [1.165, 1.54) is 6.26 Å². The Bertz CT molecular complexity index is 196. The molecule has 2 atom stereocenters. The first kappa shape index (κ1) is 14.5. The fraction of sp³-hybridized carbons (Fsp3) is 0.846. The van der Waals surface area contributed by atoms with Crippen molar-refractivity contribution in [3.05, 3.63) is 12.8 Å². The second-order valence-electron chi connectivity index (χ2n) is 4.30. The van der Waals surface area contributed by atoms with Gasteiger partial charge in [0.2, 0.25) is 0 Å². The Morgan fingerprint density at radius 1 is 1.24 bits per heavy atom. The summed E-state index contributed by atoms with van der Waals surface area (Å²) in [7, 11) is 0. The summed E-state index contributed by atoms with van der Waals surface area (Å²) in [5.74, 6) is 0.642. The van der Waals surface area contributed by atoms with Gasteiger partial charge < -0.3 is 18.9 Å². The molecule has 0 aromatic carbocycles. The van der Waals surface area contributed by atoms with Crippen LogP contribution in [0.4, 0.5) is 0 Å². The van der Waals surface area contributed by atoms with Crippen LogP contribution < -0.4 is 0 Å². The summed E-state index contributed by atoms with van der Waals surface area (Å²) in [6, 6.07) is 0. The number of hydrogen-bond acceptors (Lipinski definition) is 4. The van der Waals surface area contributed by atoms with Gasteiger partial charge in [0.15, 0.2) is 0 Å². The lowest BCUT2D eigenvalue weighted by Crippen LogP contribution is -2.26. The third-order valence-electron chi connectivity index (χ3n) is 2.78. The Balaban J connectivity index is 1.85. The van der Waals surface area contributed by atoms with Gasteiger partial charge in [-0.2, -0.15) is 0 Å². The van der Waals surface area contributed by atoms with Crippen molar-refractivity contribution in [2.24, 2.45) is 5.92 Å². The van der Waals surface area contributed by atoms with Gasteiger partial charge in [0.05, 0.1) is 32.2 Å². The second-order valence-corrected chi connectivity index (χ2v) is 4.30. The van der Waals surface area contributed by atoms with Crippen molar-refractivity contribution in [2.75, 3.05) is 39.6 Å². The van der Waals surface area contributed by atoms with Crippen LogP contribution in [0.5, 0.6) is 0 Å². The predicted octanol–water partition coefficient (Wildman–Crippen LogP) is 1.99. The van der Waals surface area contributed by atoms with Crippen LogP contribution in [0.3, 0.4) is 0 Å². The molecule has 17 heavy (non-hydrogen) atoms. The molecule has 1 aliphatic rings. The average Bonchev–Trinajstić information content (AvgIpc) is 2.33. The third kappa shape index (κ3) is 7.36. The Kier molecular flexibility index (Phi) is 8.05. The molecule has 4 heteroatoms. The average molecular weight is 244 g/mol. The fourth-order valence-electron chi connectivity index (χ4n) is 1.90. The molecule has 2 unspecified atom stereocenters. The maximum Gasteiger partial charge on any atom is 0.111 e. The first-order valence-corrected chi connectivity index (χ1v) is 6.32. The van der Waals surface area contributed by atoms with Crippen LogP contribution in [-0.2, 0) is 18.9 Å². The molecule has 0 spiro atoms. The van der Waals surface area contributed by atoms with E-state index >= 15 is 0 Å². The molecule has 0 aromatic heterocycles. The summed E-state index contributed by atoms with van der Waals surface area (Å²) in [5, 5.41) is 0. The first-order valence-electron chi connectivity index (χ1n) is 6.32. The van der Waals surface area contributed by atoms with Crippen LogP contribution >= 0.6 is 0 Å². The molecule has 1 saturated heterocycles. The molecule has 1 aliphatic heterocycles. The van der Waals surface area contributed by atoms with Crippen LogP contribution in [-0.4, -0.2) is 45.7 Å². The molecule has 0 radical (unpaired) electrons. The molecule has 4 nitrogen and oxygen atoms in total. The Labute approximate surface area is 104 Å². The van der Waals surface area contributed by atoms with E-state index < -0.39 is 0 Å². The minimum Gasteiger partial charge on any atom is -0.499 e. The lowest BCUT2D eigenvalue weighted by atomic mass is 9.97. The van der Waals surface area contributed by atoms with Crippen LogP contribution in [0.2, 0.25) is 0 Å². The summed E-state index contributed by atoms with van der Waals surface area (Å²) in [5.41, 5.74) is 0. The third-order valence-corrected chi connectivity index (χ3v) is 2.78. The zero-order valence-electron chi connectivity index (χ0n) is 10.7. The van der Waals surface area contributed by atoms with Gasteiger partial charge in [-0.05, 0) is 25.7 Å². The van der Waals surface area contributed by atoms with Crippen molar-refractivity contribution in [1.29, 1.82) is 0 Å². The molecule has 0 bridgehead atoms. The highest BCUT2D eigenvalue weighted by Gasteiger charge is 2.18. The van der Waals surface area contributed by atoms with Crippen molar-refractivity contribution in [3.63, 3.8) is 0 Å². The lowest BCUT2D eigenvalue weighted by Gasteiger charge is -2.26. The van der Waals surface area contributed by atoms with E-state index in [4.69, 9.17) is 18.9 Å². The van der Waals surface area contributed by atoms with Gasteiger partial charge in [0, 0.05) is 13.2 Å². The topological polar surface area (TPSA) is 36.9 Å². The molecule has 1 heterocycles. The van der Waals surface area contributed by atoms with Crippen molar-refractivity contribution in [3.8, 4) is 0 Å². The highest BCUT2D eigenvalue weighted by atomic mass is 16.5. The molecule has 100 valence electrons. The molecular weight excluding hydrogens is 220 g/mol. The van der Waals surface area contributed by atoms with E-state index in [9.17, 15) is 0 Å². The summed E-state index contributed by atoms with van der Waals surface area (Å²) in [6.07, 6.45) is 4.02. The molecule has 0 saturated carbocycles. The summed E-state index contributed by atoms with van der Waals surface area (Å²) in [4.78, 5) is 0. The van der Waals surface area contributed by atoms with Crippen molar-refractivity contribution in [2.45, 2.75) is 25.9 Å². The summed E-state index contributed by atoms with van der Waals surface area (Å²) in [6.45, 7) is 9.68. The van der Waals surface area contributed by atoms with Gasteiger partial charge in [-0.25, -0.2) is 0 Å². The normalized spacial score (nSPS) is 24.5. The standard InChI is InChI=1S/C13H24O4/c1-3-14-6-7-15-8-9-16-11-13-4-5-17-12(2)10-13/h3,12-13H,1,4-11H2,2H3. The largest absolute Gasteiger partial charge is 0.499 e. The smallest absolute Gasteiger partial charge is 0.111 e.